The van der Waals surface area contributed by atoms with Crippen LogP contribution < -0.4 is 0 Å². The molecule has 6 nitrogen and oxygen atoms in total. The van der Waals surface area contributed by atoms with Gasteiger partial charge in [-0.1, -0.05) is 23.7 Å². The Morgan fingerprint density at radius 1 is 1.28 bits per heavy atom. The Labute approximate surface area is 155 Å². The Kier molecular flexibility index (Phi) is 4.87. The fourth-order valence-electron chi connectivity index (χ4n) is 2.08. The molecular formula is C17H10BrClN2O4. The van der Waals surface area contributed by atoms with E-state index in [0.717, 1.165) is 4.47 Å². The monoisotopic (exact) mass is 420 g/mol. The van der Waals surface area contributed by atoms with Crippen molar-refractivity contribution in [2.45, 2.75) is 0 Å². The molecule has 3 aromatic rings. The minimum atomic E-state index is -1.14. The first-order chi connectivity index (χ1) is 12.0. The second-order valence-corrected chi connectivity index (χ2v) is 6.20. The van der Waals surface area contributed by atoms with Crippen LogP contribution in [-0.4, -0.2) is 27.4 Å². The number of rotatable bonds is 4. The molecule has 25 heavy (non-hydrogen) atoms. The molecule has 3 rings (SSSR count). The van der Waals surface area contributed by atoms with Gasteiger partial charge < -0.3 is 14.6 Å². The third kappa shape index (κ3) is 3.72. The van der Waals surface area contributed by atoms with E-state index in [4.69, 9.17) is 16.0 Å². The van der Waals surface area contributed by atoms with Crippen molar-refractivity contribution in [1.29, 1.82) is 0 Å². The fraction of sp³-hybridized carbons (Fsp3) is 0. The number of benzene rings is 2. The molecule has 0 fully saturated rings. The van der Waals surface area contributed by atoms with Gasteiger partial charge in [-0.25, -0.2) is 9.78 Å². The molecule has 0 spiro atoms. The third-order valence-corrected chi connectivity index (χ3v) is 4.18. The zero-order valence-corrected chi connectivity index (χ0v) is 14.8. The minimum absolute atomic E-state index is 0.0188. The number of aromatic hydroxyl groups is 1. The second-order valence-electron chi connectivity index (χ2n) is 4.91. The second kappa shape index (κ2) is 7.08. The molecule has 0 aliphatic heterocycles. The van der Waals surface area contributed by atoms with Gasteiger partial charge in [0.05, 0.1) is 23.0 Å². The topological polar surface area (TPSA) is 95.9 Å². The molecule has 0 bridgehead atoms. The first-order valence-corrected chi connectivity index (χ1v) is 8.14. The summed E-state index contributed by atoms with van der Waals surface area (Å²) in [5.74, 6) is -1.36. The van der Waals surface area contributed by atoms with Gasteiger partial charge in [-0.05, 0) is 46.3 Å². The number of carboxylic acid groups (broad SMARTS) is 1. The highest BCUT2D eigenvalue weighted by Gasteiger charge is 2.15. The van der Waals surface area contributed by atoms with Gasteiger partial charge in [-0.3, -0.25) is 4.99 Å². The van der Waals surface area contributed by atoms with Gasteiger partial charge in [0.2, 0.25) is 5.89 Å². The van der Waals surface area contributed by atoms with Crippen molar-refractivity contribution in [2.24, 2.45) is 4.99 Å². The Bertz CT molecular complexity index is 985. The number of nitrogens with zero attached hydrogens (tertiary/aromatic N) is 2. The lowest BCUT2D eigenvalue weighted by Gasteiger charge is -2.00. The van der Waals surface area contributed by atoms with Crippen LogP contribution in [0.1, 0.15) is 16.1 Å². The molecule has 0 aliphatic rings. The number of aliphatic imine (C=N–C) groups is 1. The fourth-order valence-corrected chi connectivity index (χ4v) is 2.70. The average molecular weight is 422 g/mol. The maximum absolute atomic E-state index is 11.2. The predicted octanol–water partition coefficient (Wildman–Crippen LogP) is 4.91. The van der Waals surface area contributed by atoms with Crippen LogP contribution in [0.5, 0.6) is 5.95 Å². The van der Waals surface area contributed by atoms with Crippen LogP contribution in [0.25, 0.3) is 11.5 Å². The summed E-state index contributed by atoms with van der Waals surface area (Å²) in [6.45, 7) is 0. The summed E-state index contributed by atoms with van der Waals surface area (Å²) in [6, 6.07) is 11.5. The average Bonchev–Trinajstić information content (AvgIpc) is 2.94. The van der Waals surface area contributed by atoms with Gasteiger partial charge >= 0.3 is 11.9 Å². The lowest BCUT2D eigenvalue weighted by Crippen LogP contribution is -1.96. The van der Waals surface area contributed by atoms with Crippen LogP contribution in [0.2, 0.25) is 5.02 Å². The Balaban J connectivity index is 1.97. The zero-order valence-electron chi connectivity index (χ0n) is 12.5. The van der Waals surface area contributed by atoms with Crippen LogP contribution >= 0.6 is 27.5 Å². The van der Waals surface area contributed by atoms with Gasteiger partial charge in [0, 0.05) is 9.50 Å². The van der Waals surface area contributed by atoms with Crippen LogP contribution in [0.15, 0.2) is 56.3 Å². The van der Waals surface area contributed by atoms with E-state index in [9.17, 15) is 15.0 Å². The molecule has 0 radical (unpaired) electrons. The van der Waals surface area contributed by atoms with E-state index >= 15 is 0 Å². The first-order valence-electron chi connectivity index (χ1n) is 6.97. The van der Waals surface area contributed by atoms with Crippen molar-refractivity contribution in [3.8, 4) is 17.4 Å². The molecule has 0 aliphatic carbocycles. The summed E-state index contributed by atoms with van der Waals surface area (Å²) < 4.78 is 6.00. The molecule has 8 heteroatoms. The Morgan fingerprint density at radius 3 is 2.76 bits per heavy atom. The third-order valence-electron chi connectivity index (χ3n) is 3.25. The molecule has 0 atom stereocenters. The number of carbonyl (C=O) groups is 1. The molecule has 2 aromatic carbocycles. The van der Waals surface area contributed by atoms with Crippen LogP contribution in [-0.2, 0) is 0 Å². The molecule has 0 saturated heterocycles. The number of halogens is 2. The Hall–Kier alpha value is -2.64. The highest BCUT2D eigenvalue weighted by Crippen LogP contribution is 2.31. The molecule has 0 saturated carbocycles. The maximum atomic E-state index is 11.2. The number of carboxylic acids is 1. The van der Waals surface area contributed by atoms with E-state index in [-0.39, 0.29) is 22.8 Å². The normalized spacial score (nSPS) is 11.1. The Morgan fingerprint density at radius 2 is 2.04 bits per heavy atom. The maximum Gasteiger partial charge on any atom is 0.337 e. The van der Waals surface area contributed by atoms with Crippen molar-refractivity contribution in [3.63, 3.8) is 0 Å². The zero-order chi connectivity index (χ0) is 18.0. The van der Waals surface area contributed by atoms with Crippen LogP contribution in [0.4, 0.5) is 5.69 Å². The lowest BCUT2D eigenvalue weighted by atomic mass is 10.2. The molecule has 0 amide bonds. The summed E-state index contributed by atoms with van der Waals surface area (Å²) in [7, 11) is 0. The smallest absolute Gasteiger partial charge is 0.337 e. The van der Waals surface area contributed by atoms with E-state index in [1.165, 1.54) is 24.4 Å². The van der Waals surface area contributed by atoms with E-state index in [2.05, 4.69) is 25.9 Å². The molecule has 2 N–H and O–H groups in total. The molecular weight excluding hydrogens is 412 g/mol. The van der Waals surface area contributed by atoms with Crippen LogP contribution in [0.3, 0.4) is 0 Å². The number of hydrogen-bond acceptors (Lipinski definition) is 5. The molecule has 0 unspecified atom stereocenters. The SMILES string of the molecule is O=C(O)c1ccc(Cl)cc1N=Cc1nc(-c2ccccc2Br)oc1O. The summed E-state index contributed by atoms with van der Waals surface area (Å²) in [6.07, 6.45) is 1.22. The quantitative estimate of drug-likeness (QED) is 0.583. The predicted molar refractivity (Wildman–Crippen MR) is 97.0 cm³/mol. The standard InChI is InChI=1S/C17H10BrClN2O4/c18-12-4-2-1-3-10(12)15-21-14(17(24)25-15)8-20-13-7-9(19)5-6-11(13)16(22)23/h1-8,24H,(H,22,23). The van der Waals surface area contributed by atoms with Crippen molar-refractivity contribution in [3.05, 3.63) is 63.2 Å². The first kappa shape index (κ1) is 17.2. The van der Waals surface area contributed by atoms with Gasteiger partial charge in [-0.2, -0.15) is 0 Å². The van der Waals surface area contributed by atoms with Crippen LogP contribution in [0, 0.1) is 0 Å². The van der Waals surface area contributed by atoms with Gasteiger partial charge in [0.25, 0.3) is 0 Å². The largest absolute Gasteiger partial charge is 0.479 e. The van der Waals surface area contributed by atoms with Gasteiger partial charge in [-0.15, -0.1) is 0 Å². The lowest BCUT2D eigenvalue weighted by molar-refractivity contribution is 0.0698. The molecule has 1 aromatic heterocycles. The van der Waals surface area contributed by atoms with Gasteiger partial charge in [0.1, 0.15) is 0 Å². The number of oxazole rings is 1. The van der Waals surface area contributed by atoms with E-state index in [1.807, 2.05) is 12.1 Å². The summed E-state index contributed by atoms with van der Waals surface area (Å²) >= 11 is 9.26. The van der Waals surface area contributed by atoms with E-state index in [0.29, 0.717) is 10.6 Å². The summed E-state index contributed by atoms with van der Waals surface area (Å²) in [5, 5.41) is 19.4. The molecule has 1 heterocycles. The molecule has 126 valence electrons. The highest BCUT2D eigenvalue weighted by atomic mass is 79.9. The number of aromatic carboxylic acids is 1. The summed E-state index contributed by atoms with van der Waals surface area (Å²) in [4.78, 5) is 19.5. The van der Waals surface area contributed by atoms with E-state index < -0.39 is 11.9 Å². The summed E-state index contributed by atoms with van der Waals surface area (Å²) in [5.41, 5.74) is 0.855. The van der Waals surface area contributed by atoms with Crippen molar-refractivity contribution < 1.29 is 19.4 Å². The number of hydrogen-bond donors (Lipinski definition) is 2. The van der Waals surface area contributed by atoms with E-state index in [1.54, 1.807) is 12.1 Å². The highest BCUT2D eigenvalue weighted by molar-refractivity contribution is 9.10. The number of aromatic nitrogens is 1. The van der Waals surface area contributed by atoms with Gasteiger partial charge in [0.15, 0.2) is 5.69 Å². The van der Waals surface area contributed by atoms with Crippen molar-refractivity contribution >= 4 is 45.4 Å². The minimum Gasteiger partial charge on any atom is -0.479 e. The van der Waals surface area contributed by atoms with Crippen molar-refractivity contribution in [2.75, 3.05) is 0 Å². The van der Waals surface area contributed by atoms with Crippen molar-refractivity contribution in [1.82, 2.24) is 4.98 Å².